The summed E-state index contributed by atoms with van der Waals surface area (Å²) in [5.74, 6) is -2.76. The largest absolute Gasteiger partial charge is 0.459 e. The molecule has 25 heavy (non-hydrogen) atoms. The zero-order valence-electron chi connectivity index (χ0n) is 13.3. The Bertz CT molecular complexity index is 747. The van der Waals surface area contributed by atoms with Gasteiger partial charge in [0.15, 0.2) is 11.8 Å². The summed E-state index contributed by atoms with van der Waals surface area (Å²) in [6.45, 7) is 1.07. The fourth-order valence-electron chi connectivity index (χ4n) is 3.30. The number of nitro benzene ring substituents is 1. The van der Waals surface area contributed by atoms with E-state index in [0.717, 1.165) is 4.90 Å². The maximum Gasteiger partial charge on any atom is 0.337 e. The quantitative estimate of drug-likeness (QED) is 0.259. The van der Waals surface area contributed by atoms with Crippen LogP contribution >= 0.6 is 0 Å². The third kappa shape index (κ3) is 2.86. The maximum absolute atomic E-state index is 13.4. The van der Waals surface area contributed by atoms with Crippen molar-refractivity contribution < 1.29 is 28.4 Å². The van der Waals surface area contributed by atoms with Crippen molar-refractivity contribution in [2.24, 2.45) is 5.92 Å². The molecule has 9 heteroatoms. The van der Waals surface area contributed by atoms with Crippen molar-refractivity contribution in [3.8, 4) is 0 Å². The molecule has 0 bridgehead atoms. The Labute approximate surface area is 141 Å². The molecule has 2 heterocycles. The lowest BCUT2D eigenvalue weighted by molar-refractivity contribution is -0.384. The van der Waals surface area contributed by atoms with Gasteiger partial charge in [0.2, 0.25) is 5.91 Å². The monoisotopic (exact) mass is 350 g/mol. The minimum Gasteiger partial charge on any atom is -0.459 e. The number of rotatable bonds is 5. The van der Waals surface area contributed by atoms with E-state index in [9.17, 15) is 28.9 Å². The molecule has 132 valence electrons. The predicted octanol–water partition coefficient (Wildman–Crippen LogP) is 1.16. The van der Waals surface area contributed by atoms with Crippen LogP contribution in [0.4, 0.5) is 10.1 Å². The highest BCUT2D eigenvalue weighted by Gasteiger charge is 2.61. The number of non-ortho nitro benzene ring substituents is 1. The van der Waals surface area contributed by atoms with Crippen LogP contribution in [0, 0.1) is 16.0 Å². The number of β-lactam (4-membered cyclic amide) rings is 1. The summed E-state index contributed by atoms with van der Waals surface area (Å²) in [6.07, 6.45) is -1.43. The Hall–Kier alpha value is -2.84. The Morgan fingerprint density at radius 3 is 2.60 bits per heavy atom. The highest BCUT2D eigenvalue weighted by atomic mass is 19.1. The van der Waals surface area contributed by atoms with E-state index in [-0.39, 0.29) is 18.7 Å². The number of carbonyl (C=O) groups is 3. The van der Waals surface area contributed by atoms with Crippen molar-refractivity contribution in [2.75, 3.05) is 0 Å². The van der Waals surface area contributed by atoms with E-state index in [0.29, 0.717) is 5.56 Å². The lowest BCUT2D eigenvalue weighted by Crippen LogP contribution is -2.64. The summed E-state index contributed by atoms with van der Waals surface area (Å²) < 4.78 is 18.5. The number of fused-ring (bicyclic) bond motifs is 1. The first-order valence-corrected chi connectivity index (χ1v) is 7.70. The number of Topliss-reactive ketones (excluding diaryl/α,β-unsaturated/α-hetero) is 1. The number of alkyl halides is 1. The second-order valence-corrected chi connectivity index (χ2v) is 6.12. The standard InChI is InChI=1S/C16H15FN2O6/c1-8(17)13-11-6-12(20)14(18(11)15(13)21)16(22)25-7-9-2-4-10(5-3-9)19(23)24/h2-5,8,11,13-14H,6-7H2,1H3/t8?,11-,13-,14?/m1/s1. The highest BCUT2D eigenvalue weighted by Crippen LogP contribution is 2.40. The van der Waals surface area contributed by atoms with Crippen LogP contribution in [0.5, 0.6) is 0 Å². The Balaban J connectivity index is 1.63. The number of hydrogen-bond donors (Lipinski definition) is 0. The number of halogens is 1. The van der Waals surface area contributed by atoms with Crippen molar-refractivity contribution in [3.05, 3.63) is 39.9 Å². The van der Waals surface area contributed by atoms with Gasteiger partial charge < -0.3 is 9.64 Å². The zero-order valence-corrected chi connectivity index (χ0v) is 13.3. The molecule has 3 rings (SSSR count). The fraction of sp³-hybridized carbons (Fsp3) is 0.438. The molecule has 0 aromatic heterocycles. The molecule has 8 nitrogen and oxygen atoms in total. The summed E-state index contributed by atoms with van der Waals surface area (Å²) in [6, 6.07) is 3.49. The summed E-state index contributed by atoms with van der Waals surface area (Å²) in [7, 11) is 0. The van der Waals surface area contributed by atoms with Crippen molar-refractivity contribution in [2.45, 2.75) is 38.2 Å². The van der Waals surface area contributed by atoms with Gasteiger partial charge in [0.1, 0.15) is 12.8 Å². The number of amides is 1. The van der Waals surface area contributed by atoms with Crippen LogP contribution < -0.4 is 0 Å². The number of ketones is 1. The van der Waals surface area contributed by atoms with Gasteiger partial charge in [-0.25, -0.2) is 9.18 Å². The summed E-state index contributed by atoms with van der Waals surface area (Å²) in [5, 5.41) is 10.6. The molecular formula is C16H15FN2O6. The normalized spacial score (nSPS) is 26.0. The number of carbonyl (C=O) groups excluding carboxylic acids is 3. The molecule has 2 aliphatic heterocycles. The average Bonchev–Trinajstić information content (AvgIpc) is 2.85. The van der Waals surface area contributed by atoms with Crippen LogP contribution in [0.25, 0.3) is 0 Å². The Kier molecular flexibility index (Phi) is 4.23. The molecule has 0 N–H and O–H groups in total. The molecule has 0 aliphatic carbocycles. The van der Waals surface area contributed by atoms with Gasteiger partial charge in [-0.1, -0.05) is 0 Å². The van der Waals surface area contributed by atoms with Crippen LogP contribution in [0.1, 0.15) is 18.9 Å². The SMILES string of the molecule is CC(F)[C@H]1C(=O)N2C(C(=O)OCc3ccc([N+](=O)[O-])cc3)C(=O)C[C@H]12. The maximum atomic E-state index is 13.4. The van der Waals surface area contributed by atoms with Crippen molar-refractivity contribution >= 4 is 23.3 Å². The molecule has 0 saturated carbocycles. The van der Waals surface area contributed by atoms with Crippen molar-refractivity contribution in [1.82, 2.24) is 4.90 Å². The average molecular weight is 350 g/mol. The van der Waals surface area contributed by atoms with E-state index >= 15 is 0 Å². The molecule has 2 fully saturated rings. The number of esters is 1. The number of ether oxygens (including phenoxy) is 1. The molecule has 1 amide bonds. The first-order valence-electron chi connectivity index (χ1n) is 7.70. The smallest absolute Gasteiger partial charge is 0.337 e. The summed E-state index contributed by atoms with van der Waals surface area (Å²) in [4.78, 5) is 47.3. The molecule has 4 atom stereocenters. The van der Waals surface area contributed by atoms with Crippen LogP contribution in [-0.4, -0.2) is 45.7 Å². The van der Waals surface area contributed by atoms with Gasteiger partial charge >= 0.3 is 5.97 Å². The molecule has 2 unspecified atom stereocenters. The summed E-state index contributed by atoms with van der Waals surface area (Å²) >= 11 is 0. The van der Waals surface area contributed by atoms with Gasteiger partial charge in [0.25, 0.3) is 5.69 Å². The Morgan fingerprint density at radius 1 is 1.40 bits per heavy atom. The second kappa shape index (κ2) is 6.23. The topological polar surface area (TPSA) is 107 Å². The number of hydrogen-bond acceptors (Lipinski definition) is 6. The van der Waals surface area contributed by atoms with Crippen molar-refractivity contribution in [3.63, 3.8) is 0 Å². The highest BCUT2D eigenvalue weighted by molar-refractivity contribution is 6.11. The van der Waals surface area contributed by atoms with E-state index in [4.69, 9.17) is 4.74 Å². The lowest BCUT2D eigenvalue weighted by Gasteiger charge is -2.44. The number of nitro groups is 1. The van der Waals surface area contributed by atoms with Gasteiger partial charge in [-0.05, 0) is 24.6 Å². The molecule has 2 saturated heterocycles. The third-order valence-electron chi connectivity index (χ3n) is 4.55. The van der Waals surface area contributed by atoms with E-state index in [1.165, 1.54) is 31.2 Å². The van der Waals surface area contributed by atoms with Crippen LogP contribution in [0.2, 0.25) is 0 Å². The Morgan fingerprint density at radius 2 is 2.04 bits per heavy atom. The van der Waals surface area contributed by atoms with Crippen LogP contribution in [-0.2, 0) is 25.7 Å². The van der Waals surface area contributed by atoms with E-state index in [1.807, 2.05) is 0 Å². The van der Waals surface area contributed by atoms with Gasteiger partial charge in [-0.15, -0.1) is 0 Å². The third-order valence-corrected chi connectivity index (χ3v) is 4.55. The number of nitrogens with zero attached hydrogens (tertiary/aromatic N) is 2. The predicted molar refractivity (Wildman–Crippen MR) is 81.0 cm³/mol. The minimum absolute atomic E-state index is 0.0536. The van der Waals surface area contributed by atoms with E-state index < -0.39 is 46.8 Å². The second-order valence-electron chi connectivity index (χ2n) is 6.12. The van der Waals surface area contributed by atoms with Gasteiger partial charge in [-0.2, -0.15) is 0 Å². The molecule has 1 aromatic rings. The van der Waals surface area contributed by atoms with E-state index in [2.05, 4.69) is 0 Å². The first-order chi connectivity index (χ1) is 11.8. The molecule has 2 aliphatic rings. The van der Waals surface area contributed by atoms with Gasteiger partial charge in [0.05, 0.1) is 16.9 Å². The van der Waals surface area contributed by atoms with Crippen molar-refractivity contribution in [1.29, 1.82) is 0 Å². The van der Waals surface area contributed by atoms with Gasteiger partial charge in [-0.3, -0.25) is 19.7 Å². The molecule has 0 radical (unpaired) electrons. The lowest BCUT2D eigenvalue weighted by atomic mass is 9.85. The van der Waals surface area contributed by atoms with Crippen LogP contribution in [0.3, 0.4) is 0 Å². The van der Waals surface area contributed by atoms with Crippen LogP contribution in [0.15, 0.2) is 24.3 Å². The molecule has 0 spiro atoms. The van der Waals surface area contributed by atoms with E-state index in [1.54, 1.807) is 0 Å². The van der Waals surface area contributed by atoms with Gasteiger partial charge in [0, 0.05) is 18.6 Å². The molecule has 1 aromatic carbocycles. The number of benzene rings is 1. The minimum atomic E-state index is -1.38. The summed E-state index contributed by atoms with van der Waals surface area (Å²) in [5.41, 5.74) is 0.410. The first kappa shape index (κ1) is 17.0. The fourth-order valence-corrected chi connectivity index (χ4v) is 3.30. The zero-order chi connectivity index (χ0) is 18.3. The molecular weight excluding hydrogens is 335 g/mol.